The topological polar surface area (TPSA) is 62.3 Å². The second kappa shape index (κ2) is 6.02. The lowest BCUT2D eigenvalue weighted by Gasteiger charge is -2.13. The van der Waals surface area contributed by atoms with E-state index in [1.165, 1.54) is 18.4 Å². The highest BCUT2D eigenvalue weighted by atomic mass is 32.2. The number of anilines is 1. The summed E-state index contributed by atoms with van der Waals surface area (Å²) in [4.78, 5) is 4.31. The van der Waals surface area contributed by atoms with Crippen molar-refractivity contribution in [2.75, 3.05) is 19.4 Å². The van der Waals surface area contributed by atoms with Crippen molar-refractivity contribution in [1.82, 2.24) is 9.29 Å². The second-order valence-corrected chi connectivity index (χ2v) is 6.68. The van der Waals surface area contributed by atoms with Gasteiger partial charge in [-0.25, -0.2) is 12.7 Å². The van der Waals surface area contributed by atoms with Crippen LogP contribution in [0.5, 0.6) is 0 Å². The van der Waals surface area contributed by atoms with E-state index in [2.05, 4.69) is 10.3 Å². The molecular formula is C14H17N3O2S. The van der Waals surface area contributed by atoms with Gasteiger partial charge in [0.05, 0.1) is 4.90 Å². The Kier molecular flexibility index (Phi) is 4.36. The maximum absolute atomic E-state index is 12.0. The normalized spacial score (nSPS) is 11.6. The first kappa shape index (κ1) is 14.5. The average molecular weight is 291 g/mol. The van der Waals surface area contributed by atoms with Gasteiger partial charge in [0, 0.05) is 38.7 Å². The molecule has 0 aliphatic heterocycles. The zero-order chi connectivity index (χ0) is 14.6. The number of nitrogens with zero attached hydrogens (tertiary/aromatic N) is 2. The van der Waals surface area contributed by atoms with Gasteiger partial charge in [0.25, 0.3) is 0 Å². The summed E-state index contributed by atoms with van der Waals surface area (Å²) in [6, 6.07) is 10.6. The Morgan fingerprint density at radius 1 is 1.20 bits per heavy atom. The molecule has 0 aliphatic rings. The Hall–Kier alpha value is -1.92. The number of benzene rings is 1. The molecule has 0 unspecified atom stereocenters. The first-order chi connectivity index (χ1) is 9.50. The molecule has 0 atom stereocenters. The summed E-state index contributed by atoms with van der Waals surface area (Å²) >= 11 is 0. The van der Waals surface area contributed by atoms with Gasteiger partial charge in [-0.05, 0) is 29.8 Å². The fourth-order valence-corrected chi connectivity index (χ4v) is 2.63. The van der Waals surface area contributed by atoms with Gasteiger partial charge in [-0.2, -0.15) is 0 Å². The summed E-state index contributed by atoms with van der Waals surface area (Å²) in [5.74, 6) is 0. The second-order valence-electron chi connectivity index (χ2n) is 4.53. The van der Waals surface area contributed by atoms with E-state index >= 15 is 0 Å². The van der Waals surface area contributed by atoms with Crippen LogP contribution in [-0.4, -0.2) is 31.8 Å². The molecule has 1 N–H and O–H groups in total. The molecule has 0 aliphatic carbocycles. The number of sulfonamides is 1. The van der Waals surface area contributed by atoms with Gasteiger partial charge in [-0.15, -0.1) is 0 Å². The third-order valence-corrected chi connectivity index (χ3v) is 4.64. The summed E-state index contributed by atoms with van der Waals surface area (Å²) in [7, 11) is -0.364. The van der Waals surface area contributed by atoms with Gasteiger partial charge in [0.2, 0.25) is 10.0 Å². The molecule has 106 valence electrons. The van der Waals surface area contributed by atoms with Crippen LogP contribution in [0.25, 0.3) is 0 Å². The van der Waals surface area contributed by atoms with Gasteiger partial charge in [-0.3, -0.25) is 4.98 Å². The van der Waals surface area contributed by atoms with Crippen molar-refractivity contribution in [3.05, 3.63) is 54.4 Å². The van der Waals surface area contributed by atoms with E-state index in [-0.39, 0.29) is 4.90 Å². The van der Waals surface area contributed by atoms with E-state index in [1.807, 2.05) is 18.2 Å². The van der Waals surface area contributed by atoms with Crippen molar-refractivity contribution in [2.24, 2.45) is 0 Å². The van der Waals surface area contributed by atoms with Crippen LogP contribution in [0, 0.1) is 0 Å². The highest BCUT2D eigenvalue weighted by molar-refractivity contribution is 7.89. The highest BCUT2D eigenvalue weighted by Crippen LogP contribution is 2.18. The van der Waals surface area contributed by atoms with E-state index in [1.54, 1.807) is 30.6 Å². The fraction of sp³-hybridized carbons (Fsp3) is 0.214. The molecule has 0 saturated heterocycles. The summed E-state index contributed by atoms with van der Waals surface area (Å²) in [5.41, 5.74) is 1.80. The van der Waals surface area contributed by atoms with Crippen LogP contribution in [0.1, 0.15) is 5.56 Å². The molecule has 2 aromatic rings. The monoisotopic (exact) mass is 291 g/mol. The molecule has 0 bridgehead atoms. The maximum Gasteiger partial charge on any atom is 0.242 e. The lowest BCUT2D eigenvalue weighted by Crippen LogP contribution is -2.22. The first-order valence-electron chi connectivity index (χ1n) is 6.15. The summed E-state index contributed by atoms with van der Waals surface area (Å²) in [5, 5.41) is 3.19. The molecule has 1 aromatic heterocycles. The first-order valence-corrected chi connectivity index (χ1v) is 7.59. The van der Waals surface area contributed by atoms with Crippen molar-refractivity contribution < 1.29 is 8.42 Å². The molecule has 5 nitrogen and oxygen atoms in total. The van der Waals surface area contributed by atoms with Crippen molar-refractivity contribution in [3.8, 4) is 0 Å². The fourth-order valence-electron chi connectivity index (χ4n) is 1.68. The summed E-state index contributed by atoms with van der Waals surface area (Å²) in [6.07, 6.45) is 3.49. The summed E-state index contributed by atoms with van der Waals surface area (Å²) < 4.78 is 25.3. The number of pyridine rings is 1. The standard InChI is InChI=1S/C14H17N3O2S/c1-17(2)20(18,19)14-7-3-6-13(9-14)16-11-12-5-4-8-15-10-12/h3-10,16H,11H2,1-2H3. The quantitative estimate of drug-likeness (QED) is 0.914. The number of hydrogen-bond donors (Lipinski definition) is 1. The Balaban J connectivity index is 2.15. The molecule has 20 heavy (non-hydrogen) atoms. The van der Waals surface area contributed by atoms with E-state index in [4.69, 9.17) is 0 Å². The molecular weight excluding hydrogens is 274 g/mol. The predicted octanol–water partition coefficient (Wildman–Crippen LogP) is 1.94. The molecule has 0 radical (unpaired) electrons. The van der Waals surface area contributed by atoms with Gasteiger partial charge in [0.1, 0.15) is 0 Å². The molecule has 0 amide bonds. The van der Waals surface area contributed by atoms with Gasteiger partial charge in [0.15, 0.2) is 0 Å². The largest absolute Gasteiger partial charge is 0.381 e. The minimum absolute atomic E-state index is 0.277. The van der Waals surface area contributed by atoms with E-state index < -0.39 is 10.0 Å². The van der Waals surface area contributed by atoms with E-state index in [0.717, 1.165) is 11.3 Å². The third-order valence-electron chi connectivity index (χ3n) is 2.83. The van der Waals surface area contributed by atoms with Crippen LogP contribution in [0.3, 0.4) is 0 Å². The molecule has 2 rings (SSSR count). The Morgan fingerprint density at radius 3 is 2.65 bits per heavy atom. The lowest BCUT2D eigenvalue weighted by atomic mass is 10.2. The van der Waals surface area contributed by atoms with Crippen molar-refractivity contribution in [3.63, 3.8) is 0 Å². The lowest BCUT2D eigenvalue weighted by molar-refractivity contribution is 0.521. The number of rotatable bonds is 5. The SMILES string of the molecule is CN(C)S(=O)(=O)c1cccc(NCc2cccnc2)c1. The molecule has 1 heterocycles. The number of hydrogen-bond acceptors (Lipinski definition) is 4. The van der Waals surface area contributed by atoms with E-state index in [0.29, 0.717) is 6.54 Å². The Morgan fingerprint density at radius 2 is 2.00 bits per heavy atom. The van der Waals surface area contributed by atoms with Crippen LogP contribution in [-0.2, 0) is 16.6 Å². The van der Waals surface area contributed by atoms with Gasteiger partial charge < -0.3 is 5.32 Å². The maximum atomic E-state index is 12.0. The van der Waals surface area contributed by atoms with Crippen molar-refractivity contribution in [2.45, 2.75) is 11.4 Å². The average Bonchev–Trinajstić information content (AvgIpc) is 2.46. The third kappa shape index (κ3) is 3.34. The van der Waals surface area contributed by atoms with Crippen LogP contribution >= 0.6 is 0 Å². The van der Waals surface area contributed by atoms with Crippen LogP contribution in [0.15, 0.2) is 53.7 Å². The minimum Gasteiger partial charge on any atom is -0.381 e. The van der Waals surface area contributed by atoms with Crippen LogP contribution in [0.4, 0.5) is 5.69 Å². The zero-order valence-electron chi connectivity index (χ0n) is 11.4. The molecule has 0 saturated carbocycles. The smallest absolute Gasteiger partial charge is 0.242 e. The summed E-state index contributed by atoms with van der Waals surface area (Å²) in [6.45, 7) is 0.597. The van der Waals surface area contributed by atoms with Crippen molar-refractivity contribution >= 4 is 15.7 Å². The number of aromatic nitrogens is 1. The molecule has 1 aromatic carbocycles. The minimum atomic E-state index is -3.40. The predicted molar refractivity (Wildman–Crippen MR) is 78.9 cm³/mol. The van der Waals surface area contributed by atoms with E-state index in [9.17, 15) is 8.42 Å². The Bertz CT molecular complexity index is 670. The molecule has 0 fully saturated rings. The van der Waals surface area contributed by atoms with Gasteiger partial charge in [-0.1, -0.05) is 12.1 Å². The highest BCUT2D eigenvalue weighted by Gasteiger charge is 2.16. The molecule has 0 spiro atoms. The molecule has 6 heteroatoms. The Labute approximate surface area is 119 Å². The van der Waals surface area contributed by atoms with Gasteiger partial charge >= 0.3 is 0 Å². The number of nitrogens with one attached hydrogen (secondary N) is 1. The van der Waals surface area contributed by atoms with Crippen LogP contribution < -0.4 is 5.32 Å². The zero-order valence-corrected chi connectivity index (χ0v) is 12.3. The van der Waals surface area contributed by atoms with Crippen molar-refractivity contribution in [1.29, 1.82) is 0 Å². The van der Waals surface area contributed by atoms with Crippen LogP contribution in [0.2, 0.25) is 0 Å².